The van der Waals surface area contributed by atoms with Gasteiger partial charge in [-0.2, -0.15) is 5.10 Å². The predicted molar refractivity (Wildman–Crippen MR) is 160 cm³/mol. The summed E-state index contributed by atoms with van der Waals surface area (Å²) < 4.78 is 0. The molecule has 0 bridgehead atoms. The van der Waals surface area contributed by atoms with Gasteiger partial charge in [0.2, 0.25) is 0 Å². The number of rotatable bonds is 7. The van der Waals surface area contributed by atoms with Gasteiger partial charge in [-0.3, -0.25) is 5.01 Å². The summed E-state index contributed by atoms with van der Waals surface area (Å²) in [5.41, 5.74) is 1.66. The molecule has 36 heavy (non-hydrogen) atoms. The molecule has 1 heterocycles. The Hall–Kier alpha value is -0.530. The van der Waals surface area contributed by atoms with E-state index in [1.165, 1.54) is 173 Å². The fourth-order valence-corrected chi connectivity index (χ4v) is 7.63. The van der Waals surface area contributed by atoms with Crippen molar-refractivity contribution in [1.29, 1.82) is 0 Å². The van der Waals surface area contributed by atoms with Crippen LogP contribution in [0.3, 0.4) is 0 Å². The van der Waals surface area contributed by atoms with E-state index in [1.807, 2.05) is 0 Å². The summed E-state index contributed by atoms with van der Waals surface area (Å²) in [6.07, 6.45) is 37.1. The van der Waals surface area contributed by atoms with Gasteiger partial charge < -0.3 is 0 Å². The molecule has 3 rings (SSSR count). The van der Waals surface area contributed by atoms with Crippen LogP contribution in [-0.2, 0) is 0 Å². The zero-order valence-electron chi connectivity index (χ0n) is 24.8. The van der Waals surface area contributed by atoms with Crippen LogP contribution in [0.2, 0.25) is 0 Å². The first-order chi connectivity index (χ1) is 17.8. The Balaban J connectivity index is 1.82. The van der Waals surface area contributed by atoms with Crippen molar-refractivity contribution in [3.63, 3.8) is 0 Å². The Bertz CT molecular complexity index is 546. The first-order valence-electron chi connectivity index (χ1n) is 17.2. The lowest BCUT2D eigenvalue weighted by molar-refractivity contribution is 0.130. The molecule has 3 aliphatic rings. The highest BCUT2D eigenvalue weighted by atomic mass is 15.5. The van der Waals surface area contributed by atoms with Crippen molar-refractivity contribution < 1.29 is 0 Å². The van der Waals surface area contributed by atoms with E-state index in [0.717, 1.165) is 17.8 Å². The average molecular weight is 501 g/mol. The minimum Gasteiger partial charge on any atom is -0.294 e. The predicted octanol–water partition coefficient (Wildman–Crippen LogP) is 11.1. The Kier molecular flexibility index (Phi) is 15.6. The average Bonchev–Trinajstić information content (AvgIpc) is 3.12. The van der Waals surface area contributed by atoms with Crippen molar-refractivity contribution in [2.24, 2.45) is 22.9 Å². The first-order valence-corrected chi connectivity index (χ1v) is 17.2. The highest BCUT2D eigenvalue weighted by Crippen LogP contribution is 2.36. The molecule has 2 unspecified atom stereocenters. The smallest absolute Gasteiger partial charge is 0.0470 e. The summed E-state index contributed by atoms with van der Waals surface area (Å²) in [7, 11) is 0. The normalized spacial score (nSPS) is 27.9. The molecule has 2 nitrogen and oxygen atoms in total. The quantitative estimate of drug-likeness (QED) is 0.339. The van der Waals surface area contributed by atoms with Crippen LogP contribution in [0.4, 0.5) is 0 Å². The van der Waals surface area contributed by atoms with Crippen LogP contribution < -0.4 is 0 Å². The Morgan fingerprint density at radius 2 is 1.08 bits per heavy atom. The van der Waals surface area contributed by atoms with Crippen LogP contribution in [0.5, 0.6) is 0 Å². The SMILES string of the molecule is CCCCC1CC(C2CCCCCCCCCC2)=NN(C2CCCCCCCCCC2)CC1CCC. The molecule has 210 valence electrons. The summed E-state index contributed by atoms with van der Waals surface area (Å²) in [6.45, 7) is 6.06. The topological polar surface area (TPSA) is 15.6 Å². The van der Waals surface area contributed by atoms with Crippen LogP contribution in [-0.4, -0.2) is 23.3 Å². The van der Waals surface area contributed by atoms with Gasteiger partial charge in [0.1, 0.15) is 0 Å². The molecule has 0 aromatic rings. The van der Waals surface area contributed by atoms with E-state index in [4.69, 9.17) is 5.10 Å². The highest BCUT2D eigenvalue weighted by molar-refractivity contribution is 5.87. The van der Waals surface area contributed by atoms with Gasteiger partial charge in [0.05, 0.1) is 0 Å². The molecule has 0 aromatic heterocycles. The van der Waals surface area contributed by atoms with Crippen LogP contribution in [0, 0.1) is 17.8 Å². The van der Waals surface area contributed by atoms with E-state index in [2.05, 4.69) is 18.9 Å². The fraction of sp³-hybridized carbons (Fsp3) is 0.971. The van der Waals surface area contributed by atoms with Gasteiger partial charge in [-0.05, 0) is 62.7 Å². The van der Waals surface area contributed by atoms with Crippen molar-refractivity contribution in [2.45, 2.75) is 187 Å². The Labute approximate surface area is 226 Å². The molecule has 0 amide bonds. The summed E-state index contributed by atoms with van der Waals surface area (Å²) in [6, 6.07) is 0.699. The maximum absolute atomic E-state index is 5.76. The zero-order valence-corrected chi connectivity index (χ0v) is 24.8. The molecule has 2 saturated carbocycles. The van der Waals surface area contributed by atoms with Gasteiger partial charge in [0.15, 0.2) is 0 Å². The van der Waals surface area contributed by atoms with Gasteiger partial charge in [-0.25, -0.2) is 0 Å². The van der Waals surface area contributed by atoms with E-state index < -0.39 is 0 Å². The summed E-state index contributed by atoms with van der Waals surface area (Å²) in [5, 5.41) is 8.50. The van der Waals surface area contributed by atoms with E-state index in [0.29, 0.717) is 6.04 Å². The standard InChI is InChI=1S/C34H64N2/c1-3-5-23-31-28-34(30-24-18-14-10-6-7-11-15-19-25-30)35-36(29-32(31)22-4-2)33-26-20-16-12-8-9-13-17-21-27-33/h30-33H,3-29H2,1-2H3. The van der Waals surface area contributed by atoms with E-state index in [9.17, 15) is 0 Å². The maximum atomic E-state index is 5.76. The third-order valence-electron chi connectivity index (χ3n) is 9.98. The van der Waals surface area contributed by atoms with Gasteiger partial charge >= 0.3 is 0 Å². The van der Waals surface area contributed by atoms with Crippen molar-refractivity contribution >= 4 is 5.71 Å². The highest BCUT2D eigenvalue weighted by Gasteiger charge is 2.32. The second kappa shape index (κ2) is 18.7. The molecular formula is C34H64N2. The maximum Gasteiger partial charge on any atom is 0.0470 e. The summed E-state index contributed by atoms with van der Waals surface area (Å²) in [4.78, 5) is 0. The van der Waals surface area contributed by atoms with Crippen LogP contribution >= 0.6 is 0 Å². The van der Waals surface area contributed by atoms with Gasteiger partial charge in [0, 0.05) is 18.3 Å². The van der Waals surface area contributed by atoms with E-state index in [1.54, 1.807) is 5.71 Å². The number of unbranched alkanes of at least 4 members (excludes halogenated alkanes) is 1. The number of hydrogen-bond donors (Lipinski definition) is 0. The third-order valence-corrected chi connectivity index (χ3v) is 9.98. The van der Waals surface area contributed by atoms with Crippen LogP contribution in [0.1, 0.15) is 181 Å². The number of hydrogen-bond acceptors (Lipinski definition) is 2. The fourth-order valence-electron chi connectivity index (χ4n) is 7.63. The van der Waals surface area contributed by atoms with Crippen molar-refractivity contribution in [2.75, 3.05) is 6.54 Å². The monoisotopic (exact) mass is 501 g/mol. The van der Waals surface area contributed by atoms with E-state index >= 15 is 0 Å². The minimum absolute atomic E-state index is 0.699. The molecule has 0 spiro atoms. The third kappa shape index (κ3) is 11.1. The van der Waals surface area contributed by atoms with Gasteiger partial charge in [-0.1, -0.05) is 136 Å². The number of hydrazone groups is 1. The molecule has 0 N–H and O–H groups in total. The number of nitrogens with zero attached hydrogens (tertiary/aromatic N) is 2. The van der Waals surface area contributed by atoms with Crippen LogP contribution in [0.15, 0.2) is 5.10 Å². The minimum atomic E-state index is 0.699. The van der Waals surface area contributed by atoms with E-state index in [-0.39, 0.29) is 0 Å². The molecule has 2 aliphatic carbocycles. The lowest BCUT2D eigenvalue weighted by atomic mass is 9.78. The molecule has 1 aliphatic heterocycles. The van der Waals surface area contributed by atoms with Gasteiger partial charge in [0.25, 0.3) is 0 Å². The molecular weight excluding hydrogens is 436 g/mol. The van der Waals surface area contributed by atoms with Crippen molar-refractivity contribution in [1.82, 2.24) is 5.01 Å². The molecule has 0 aromatic carbocycles. The molecule has 0 radical (unpaired) electrons. The lowest BCUT2D eigenvalue weighted by Gasteiger charge is -2.33. The second-order valence-electron chi connectivity index (χ2n) is 13.0. The van der Waals surface area contributed by atoms with Crippen LogP contribution in [0.25, 0.3) is 0 Å². The zero-order chi connectivity index (χ0) is 25.3. The molecule has 2 heteroatoms. The summed E-state index contributed by atoms with van der Waals surface area (Å²) in [5.74, 6) is 2.48. The first kappa shape index (κ1) is 30.0. The Morgan fingerprint density at radius 1 is 0.583 bits per heavy atom. The second-order valence-corrected chi connectivity index (χ2v) is 13.0. The molecule has 0 saturated heterocycles. The Morgan fingerprint density at radius 3 is 1.58 bits per heavy atom. The molecule has 2 atom stereocenters. The van der Waals surface area contributed by atoms with Gasteiger partial charge in [-0.15, -0.1) is 0 Å². The summed E-state index contributed by atoms with van der Waals surface area (Å²) >= 11 is 0. The van der Waals surface area contributed by atoms with Crippen molar-refractivity contribution in [3.8, 4) is 0 Å². The molecule has 2 fully saturated rings. The largest absolute Gasteiger partial charge is 0.294 e. The van der Waals surface area contributed by atoms with Crippen molar-refractivity contribution in [3.05, 3.63) is 0 Å². The lowest BCUT2D eigenvalue weighted by Crippen LogP contribution is -2.36.